The number of ether oxygens (including phenoxy) is 2. The summed E-state index contributed by atoms with van der Waals surface area (Å²) in [5.41, 5.74) is 1.81. The molecule has 5 heterocycles. The fourth-order valence-corrected chi connectivity index (χ4v) is 11.4. The van der Waals surface area contributed by atoms with E-state index >= 15 is 0 Å². The molecule has 1 aromatic carbocycles. The molecule has 2 saturated heterocycles. The zero-order valence-electron chi connectivity index (χ0n) is 35.8. The largest absolute Gasteiger partial charge is 0.496 e. The van der Waals surface area contributed by atoms with E-state index in [4.69, 9.17) is 19.4 Å². The van der Waals surface area contributed by atoms with Crippen LogP contribution in [0.2, 0.25) is 0 Å². The average molecular weight is 875 g/mol. The number of benzene rings is 1. The first-order chi connectivity index (χ1) is 29.1. The van der Waals surface area contributed by atoms with Crippen LogP contribution in [0.1, 0.15) is 115 Å². The minimum absolute atomic E-state index is 0.0591. The van der Waals surface area contributed by atoms with Gasteiger partial charge in [-0.15, -0.1) is 11.3 Å². The summed E-state index contributed by atoms with van der Waals surface area (Å²) in [5, 5.41) is 6.52. The maximum atomic E-state index is 14.9. The first kappa shape index (κ1) is 43.1. The maximum absolute atomic E-state index is 14.9. The zero-order valence-corrected chi connectivity index (χ0v) is 37.5. The van der Waals surface area contributed by atoms with Crippen LogP contribution in [0.4, 0.5) is 4.79 Å². The number of rotatable bonds is 9. The third kappa shape index (κ3) is 8.63. The summed E-state index contributed by atoms with van der Waals surface area (Å²) in [6.45, 7) is 9.03. The molecule has 4 amide bonds. The van der Waals surface area contributed by atoms with Gasteiger partial charge in [-0.25, -0.2) is 23.2 Å². The number of nitrogens with zero attached hydrogens (tertiary/aromatic N) is 4. The molecular formula is C45H58N6O8S2. The van der Waals surface area contributed by atoms with Crippen LogP contribution in [-0.4, -0.2) is 101 Å². The molecule has 5 aliphatic rings. The van der Waals surface area contributed by atoms with Gasteiger partial charge in [0.25, 0.3) is 0 Å². The van der Waals surface area contributed by atoms with Crippen LogP contribution in [-0.2, 0) is 24.4 Å². The standard InChI is InChI=1S/C45H58N6O8S2/c1-27(2)34-26-60-40(47-34)33-22-38(31-15-16-37(58-5)28(3)39(31)46-33)59-30-21-35-36(52)24-45(42(54)49-61(56,57)44(4)17-18-44)23-29(45)13-9-7-6-8-10-14-32(41(53)51(35)25-30)48-43(55)50-19-11-12-20-50/h9,13,15-16,22,26-27,29-30,32,35H,6-8,10-12,14,17-21,23-25H2,1-5H3,(H,48,55)(H,49,54)/b13-9-/t29-,30-,32+,35+,45-/m1/s1. The first-order valence-electron chi connectivity index (χ1n) is 21.9. The van der Waals surface area contributed by atoms with Crippen LogP contribution in [0.15, 0.2) is 35.7 Å². The number of aryl methyl sites for hydroxylation is 1. The van der Waals surface area contributed by atoms with Crippen molar-refractivity contribution < 1.29 is 37.1 Å². The Kier molecular flexibility index (Phi) is 12.0. The number of ketones is 1. The number of carbonyl (C=O) groups is 4. The molecule has 2 N–H and O–H groups in total. The lowest BCUT2D eigenvalue weighted by Crippen LogP contribution is -2.54. The van der Waals surface area contributed by atoms with Gasteiger partial charge in [-0.05, 0) is 89.2 Å². The van der Waals surface area contributed by atoms with E-state index < -0.39 is 44.3 Å². The van der Waals surface area contributed by atoms with Gasteiger partial charge in [-0.2, -0.15) is 0 Å². The molecule has 4 fully saturated rings. The molecule has 328 valence electrons. The second kappa shape index (κ2) is 16.9. The number of nitrogens with one attached hydrogen (secondary N) is 2. The van der Waals surface area contributed by atoms with E-state index in [0.29, 0.717) is 67.9 Å². The minimum Gasteiger partial charge on any atom is -0.496 e. The van der Waals surface area contributed by atoms with E-state index in [1.54, 1.807) is 18.9 Å². The van der Waals surface area contributed by atoms with Gasteiger partial charge in [0.15, 0.2) is 5.78 Å². The van der Waals surface area contributed by atoms with Crippen molar-refractivity contribution in [2.75, 3.05) is 26.7 Å². The molecular weight excluding hydrogens is 817 g/mol. The molecule has 2 aliphatic carbocycles. The average Bonchev–Trinajstić information content (AvgIpc) is 3.80. The van der Waals surface area contributed by atoms with Crippen molar-refractivity contribution in [1.82, 2.24) is 29.8 Å². The second-order valence-corrected chi connectivity index (χ2v) is 21.3. The van der Waals surface area contributed by atoms with Gasteiger partial charge in [0, 0.05) is 48.3 Å². The van der Waals surface area contributed by atoms with Crippen LogP contribution in [0.3, 0.4) is 0 Å². The number of thiazole rings is 1. The van der Waals surface area contributed by atoms with Crippen molar-refractivity contribution in [2.45, 2.75) is 134 Å². The third-order valence-corrected chi connectivity index (χ3v) is 16.6. The van der Waals surface area contributed by atoms with Gasteiger partial charge in [-0.3, -0.25) is 19.1 Å². The Balaban J connectivity index is 1.14. The van der Waals surface area contributed by atoms with E-state index in [0.717, 1.165) is 53.8 Å². The fraction of sp³-hybridized carbons (Fsp3) is 0.600. The molecule has 0 unspecified atom stereocenters. The summed E-state index contributed by atoms with van der Waals surface area (Å²) in [6.07, 6.45) is 9.75. The topological polar surface area (TPSA) is 177 Å². The van der Waals surface area contributed by atoms with Gasteiger partial charge >= 0.3 is 6.03 Å². The lowest BCUT2D eigenvalue weighted by Gasteiger charge is -2.30. The summed E-state index contributed by atoms with van der Waals surface area (Å²) >= 11 is 1.50. The molecule has 8 rings (SSSR count). The molecule has 61 heavy (non-hydrogen) atoms. The van der Waals surface area contributed by atoms with Crippen molar-refractivity contribution in [3.8, 4) is 22.2 Å². The third-order valence-electron chi connectivity index (χ3n) is 13.5. The van der Waals surface area contributed by atoms with E-state index in [1.165, 1.54) is 16.2 Å². The Morgan fingerprint density at radius 2 is 1.80 bits per heavy atom. The number of aromatic nitrogens is 2. The number of likely N-dealkylation sites (tertiary alicyclic amines) is 1. The summed E-state index contributed by atoms with van der Waals surface area (Å²) in [5.74, 6) is -0.297. The first-order valence-corrected chi connectivity index (χ1v) is 24.2. The Morgan fingerprint density at radius 3 is 2.51 bits per heavy atom. The number of amides is 4. The molecule has 3 aromatic rings. The van der Waals surface area contributed by atoms with Gasteiger partial charge in [0.1, 0.15) is 34.3 Å². The smallest absolute Gasteiger partial charge is 0.318 e. The number of carbonyl (C=O) groups excluding carboxylic acids is 4. The molecule has 2 aromatic heterocycles. The number of sulfonamides is 1. The van der Waals surface area contributed by atoms with E-state index in [9.17, 15) is 27.6 Å². The number of hydrogen-bond donors (Lipinski definition) is 2. The van der Waals surface area contributed by atoms with E-state index in [1.807, 2.05) is 42.7 Å². The van der Waals surface area contributed by atoms with Crippen LogP contribution < -0.4 is 19.5 Å². The predicted octanol–water partition coefficient (Wildman–Crippen LogP) is 6.81. The lowest BCUT2D eigenvalue weighted by molar-refractivity contribution is -0.140. The molecule has 2 saturated carbocycles. The Hall–Kier alpha value is -4.57. The normalized spacial score (nSPS) is 27.2. The highest BCUT2D eigenvalue weighted by atomic mass is 32.2. The number of urea groups is 1. The highest BCUT2D eigenvalue weighted by Crippen LogP contribution is 2.57. The SMILES string of the molecule is COc1ccc2c(O[C@@H]3C[C@H]4C(=O)C[C@]5(C(=O)NS(=O)(=O)C6(C)CC6)C[C@H]5/C=C\CCCCC[C@H](NC(=O)N5CCCC5)C(=O)N4C3)cc(-c3nc(C(C)C)cs3)nc2c1C. The van der Waals surface area contributed by atoms with Gasteiger partial charge < -0.3 is 24.6 Å². The molecule has 16 heteroatoms. The van der Waals surface area contributed by atoms with E-state index in [2.05, 4.69) is 23.9 Å². The quantitative estimate of drug-likeness (QED) is 0.217. The zero-order chi connectivity index (χ0) is 43.3. The monoisotopic (exact) mass is 874 g/mol. The van der Waals surface area contributed by atoms with Crippen LogP contribution in [0.25, 0.3) is 21.6 Å². The molecule has 0 bridgehead atoms. The van der Waals surface area contributed by atoms with Crippen LogP contribution in [0, 0.1) is 18.3 Å². The Morgan fingerprint density at radius 1 is 1.03 bits per heavy atom. The summed E-state index contributed by atoms with van der Waals surface area (Å²) in [4.78, 5) is 70.5. The molecule has 5 atom stereocenters. The van der Waals surface area contributed by atoms with Gasteiger partial charge in [0.2, 0.25) is 21.8 Å². The minimum atomic E-state index is -3.96. The summed E-state index contributed by atoms with van der Waals surface area (Å²) < 4.78 is 40.5. The lowest BCUT2D eigenvalue weighted by atomic mass is 9.91. The van der Waals surface area contributed by atoms with E-state index in [-0.39, 0.29) is 48.9 Å². The molecule has 0 radical (unpaired) electrons. The Bertz CT molecular complexity index is 2350. The predicted molar refractivity (Wildman–Crippen MR) is 233 cm³/mol. The van der Waals surface area contributed by atoms with Crippen LogP contribution in [0.5, 0.6) is 11.5 Å². The number of fused-ring (bicyclic) bond motifs is 3. The second-order valence-electron chi connectivity index (χ2n) is 18.3. The van der Waals surface area contributed by atoms with Crippen molar-refractivity contribution in [2.24, 2.45) is 11.3 Å². The van der Waals surface area contributed by atoms with Crippen molar-refractivity contribution in [3.05, 3.63) is 47.0 Å². The van der Waals surface area contributed by atoms with Gasteiger partial charge in [0.05, 0.1) is 41.1 Å². The number of Topliss-reactive ketones (excluding diaryl/α,β-unsaturated/α-hetero) is 1. The Labute approximate surface area is 362 Å². The maximum Gasteiger partial charge on any atom is 0.318 e. The van der Waals surface area contributed by atoms with Crippen molar-refractivity contribution >= 4 is 55.9 Å². The van der Waals surface area contributed by atoms with Gasteiger partial charge in [-0.1, -0.05) is 38.8 Å². The number of hydrogen-bond acceptors (Lipinski definition) is 11. The molecule has 0 spiro atoms. The number of pyridine rings is 1. The number of allylic oxidation sites excluding steroid dienone is 2. The fourth-order valence-electron chi connectivity index (χ4n) is 9.10. The summed E-state index contributed by atoms with van der Waals surface area (Å²) in [7, 11) is -2.35. The highest BCUT2D eigenvalue weighted by molar-refractivity contribution is 7.91. The summed E-state index contributed by atoms with van der Waals surface area (Å²) in [6, 6.07) is 3.46. The van der Waals surface area contributed by atoms with Crippen molar-refractivity contribution in [3.63, 3.8) is 0 Å². The van der Waals surface area contributed by atoms with Crippen LogP contribution >= 0.6 is 11.3 Å². The highest BCUT2D eigenvalue weighted by Gasteiger charge is 2.62. The number of methoxy groups -OCH3 is 1. The molecule has 3 aliphatic heterocycles. The molecule has 14 nitrogen and oxygen atoms in total. The van der Waals surface area contributed by atoms with Crippen molar-refractivity contribution in [1.29, 1.82) is 0 Å².